The fraction of sp³-hybridized carbons (Fsp3) is 0.200. The molecule has 0 aliphatic rings. The summed E-state index contributed by atoms with van der Waals surface area (Å²) in [6, 6.07) is 9.87. The Bertz CT molecular complexity index is 631. The molecule has 2 rings (SSSR count). The molecule has 0 atom stereocenters. The van der Waals surface area contributed by atoms with Crippen LogP contribution < -0.4 is 0 Å². The topological polar surface area (TPSA) is 63.6 Å². The highest BCUT2D eigenvalue weighted by molar-refractivity contribution is 6.10. The molecule has 2 aromatic carbocycles. The average Bonchev–Trinajstić information content (AvgIpc) is 2.43. The van der Waals surface area contributed by atoms with Crippen molar-refractivity contribution in [3.05, 3.63) is 47.5 Å². The number of carbonyl (C=O) groups excluding carboxylic acids is 1. The van der Waals surface area contributed by atoms with Crippen LogP contribution in [0.2, 0.25) is 0 Å². The molecule has 19 heavy (non-hydrogen) atoms. The monoisotopic (exact) mass is 258 g/mol. The SMILES string of the molecule is CCCOC(=O)c1cccc2c(C(=O)O)cccc12. The van der Waals surface area contributed by atoms with E-state index in [-0.39, 0.29) is 5.56 Å². The molecule has 2 aromatic rings. The van der Waals surface area contributed by atoms with Gasteiger partial charge in [-0.2, -0.15) is 0 Å². The standard InChI is InChI=1S/C15H14O4/c1-2-9-19-15(18)13-8-4-5-10-11(13)6-3-7-12(10)14(16)17/h3-8H,2,9H2,1H3,(H,16,17). The van der Waals surface area contributed by atoms with E-state index in [2.05, 4.69) is 0 Å². The number of carboxylic acids is 1. The Labute approximate surface area is 110 Å². The lowest BCUT2D eigenvalue weighted by Crippen LogP contribution is -2.07. The van der Waals surface area contributed by atoms with Crippen molar-refractivity contribution >= 4 is 22.7 Å². The second-order valence-corrected chi connectivity index (χ2v) is 4.15. The van der Waals surface area contributed by atoms with Crippen molar-refractivity contribution in [1.29, 1.82) is 0 Å². The smallest absolute Gasteiger partial charge is 0.338 e. The molecule has 0 aromatic heterocycles. The van der Waals surface area contributed by atoms with Crippen LogP contribution >= 0.6 is 0 Å². The number of rotatable bonds is 4. The van der Waals surface area contributed by atoms with E-state index in [1.165, 1.54) is 6.07 Å². The summed E-state index contributed by atoms with van der Waals surface area (Å²) in [5.74, 6) is -1.43. The number of benzene rings is 2. The Hall–Kier alpha value is -2.36. The quantitative estimate of drug-likeness (QED) is 0.856. The lowest BCUT2D eigenvalue weighted by Gasteiger charge is -2.08. The maximum Gasteiger partial charge on any atom is 0.338 e. The number of esters is 1. The molecule has 0 saturated carbocycles. The fourth-order valence-electron chi connectivity index (χ4n) is 1.95. The van der Waals surface area contributed by atoms with Crippen molar-refractivity contribution in [2.75, 3.05) is 6.61 Å². The molecule has 0 saturated heterocycles. The zero-order valence-electron chi connectivity index (χ0n) is 10.6. The van der Waals surface area contributed by atoms with Gasteiger partial charge in [-0.3, -0.25) is 0 Å². The number of ether oxygens (including phenoxy) is 1. The number of carboxylic acid groups (broad SMARTS) is 1. The molecule has 0 spiro atoms. The molecule has 4 heteroatoms. The molecular weight excluding hydrogens is 244 g/mol. The van der Waals surface area contributed by atoms with Crippen LogP contribution in [0.4, 0.5) is 0 Å². The third-order valence-electron chi connectivity index (χ3n) is 2.81. The summed E-state index contributed by atoms with van der Waals surface area (Å²) in [5, 5.41) is 10.3. The predicted octanol–water partition coefficient (Wildman–Crippen LogP) is 3.10. The van der Waals surface area contributed by atoms with Gasteiger partial charge in [-0.25, -0.2) is 9.59 Å². The van der Waals surface area contributed by atoms with Crippen LogP contribution in [0.1, 0.15) is 34.1 Å². The first-order valence-corrected chi connectivity index (χ1v) is 6.07. The normalized spacial score (nSPS) is 10.4. The lowest BCUT2D eigenvalue weighted by atomic mass is 10.00. The summed E-state index contributed by atoms with van der Waals surface area (Å²) < 4.78 is 5.10. The van der Waals surface area contributed by atoms with E-state index in [9.17, 15) is 9.59 Å². The van der Waals surface area contributed by atoms with Crippen LogP contribution in [0, 0.1) is 0 Å². The highest BCUT2D eigenvalue weighted by Crippen LogP contribution is 2.23. The Morgan fingerprint density at radius 3 is 2.21 bits per heavy atom. The minimum atomic E-state index is -1.01. The van der Waals surface area contributed by atoms with Crippen LogP contribution in [-0.4, -0.2) is 23.7 Å². The van der Waals surface area contributed by atoms with Crippen molar-refractivity contribution in [3.8, 4) is 0 Å². The summed E-state index contributed by atoms with van der Waals surface area (Å²) in [6.07, 6.45) is 0.747. The predicted molar refractivity (Wildman–Crippen MR) is 71.5 cm³/mol. The fourth-order valence-corrected chi connectivity index (χ4v) is 1.95. The van der Waals surface area contributed by atoms with Gasteiger partial charge in [0.15, 0.2) is 0 Å². The Balaban J connectivity index is 2.55. The third-order valence-corrected chi connectivity index (χ3v) is 2.81. The van der Waals surface area contributed by atoms with Gasteiger partial charge in [0.05, 0.1) is 17.7 Å². The highest BCUT2D eigenvalue weighted by atomic mass is 16.5. The number of carbonyl (C=O) groups is 2. The first-order valence-electron chi connectivity index (χ1n) is 6.07. The molecule has 0 heterocycles. The summed E-state index contributed by atoms with van der Waals surface area (Å²) >= 11 is 0. The third kappa shape index (κ3) is 2.57. The average molecular weight is 258 g/mol. The summed E-state index contributed by atoms with van der Waals surface area (Å²) in [4.78, 5) is 23.1. The molecule has 4 nitrogen and oxygen atoms in total. The second-order valence-electron chi connectivity index (χ2n) is 4.15. The minimum Gasteiger partial charge on any atom is -0.478 e. The van der Waals surface area contributed by atoms with Gasteiger partial charge in [0, 0.05) is 0 Å². The van der Waals surface area contributed by atoms with E-state index in [0.29, 0.717) is 22.9 Å². The highest BCUT2D eigenvalue weighted by Gasteiger charge is 2.14. The molecule has 0 aliphatic carbocycles. The van der Waals surface area contributed by atoms with Crippen molar-refractivity contribution in [1.82, 2.24) is 0 Å². The van der Waals surface area contributed by atoms with Gasteiger partial charge in [0.2, 0.25) is 0 Å². The maximum absolute atomic E-state index is 11.9. The van der Waals surface area contributed by atoms with E-state index in [1.807, 2.05) is 6.92 Å². The van der Waals surface area contributed by atoms with Crippen LogP contribution in [0.3, 0.4) is 0 Å². The van der Waals surface area contributed by atoms with Crippen LogP contribution in [0.5, 0.6) is 0 Å². The minimum absolute atomic E-state index is 0.183. The van der Waals surface area contributed by atoms with Crippen LogP contribution in [-0.2, 0) is 4.74 Å². The summed E-state index contributed by atoms with van der Waals surface area (Å²) in [5.41, 5.74) is 0.580. The first kappa shape index (κ1) is 13.1. The summed E-state index contributed by atoms with van der Waals surface area (Å²) in [7, 11) is 0. The van der Waals surface area contributed by atoms with Gasteiger partial charge in [-0.15, -0.1) is 0 Å². The molecule has 0 amide bonds. The van der Waals surface area contributed by atoms with Gasteiger partial charge in [0.1, 0.15) is 0 Å². The second kappa shape index (κ2) is 5.52. The van der Waals surface area contributed by atoms with Crippen molar-refractivity contribution in [2.24, 2.45) is 0 Å². The molecule has 0 unspecified atom stereocenters. The van der Waals surface area contributed by atoms with Crippen molar-refractivity contribution < 1.29 is 19.4 Å². The lowest BCUT2D eigenvalue weighted by molar-refractivity contribution is 0.0506. The van der Waals surface area contributed by atoms with Crippen molar-refractivity contribution in [2.45, 2.75) is 13.3 Å². The zero-order valence-corrected chi connectivity index (χ0v) is 10.6. The molecule has 0 aliphatic heterocycles. The number of hydrogen-bond acceptors (Lipinski definition) is 3. The van der Waals surface area contributed by atoms with Gasteiger partial charge in [-0.05, 0) is 29.3 Å². The largest absolute Gasteiger partial charge is 0.478 e. The molecule has 1 N–H and O–H groups in total. The molecule has 98 valence electrons. The van der Waals surface area contributed by atoms with Gasteiger partial charge in [-0.1, -0.05) is 31.2 Å². The molecule has 0 fully saturated rings. The number of hydrogen-bond donors (Lipinski definition) is 1. The van der Waals surface area contributed by atoms with Gasteiger partial charge < -0.3 is 9.84 Å². The Morgan fingerprint density at radius 2 is 1.63 bits per heavy atom. The number of aromatic carboxylic acids is 1. The van der Waals surface area contributed by atoms with Crippen molar-refractivity contribution in [3.63, 3.8) is 0 Å². The van der Waals surface area contributed by atoms with Gasteiger partial charge >= 0.3 is 11.9 Å². The van der Waals surface area contributed by atoms with E-state index in [4.69, 9.17) is 9.84 Å². The Kier molecular flexibility index (Phi) is 3.80. The summed E-state index contributed by atoms with van der Waals surface area (Å²) in [6.45, 7) is 2.27. The van der Waals surface area contributed by atoms with E-state index < -0.39 is 11.9 Å². The van der Waals surface area contributed by atoms with E-state index >= 15 is 0 Å². The molecular formula is C15H14O4. The van der Waals surface area contributed by atoms with E-state index in [1.54, 1.807) is 30.3 Å². The first-order chi connectivity index (χ1) is 9.15. The molecule has 0 radical (unpaired) electrons. The maximum atomic E-state index is 11.9. The molecule has 0 bridgehead atoms. The van der Waals surface area contributed by atoms with Gasteiger partial charge in [0.25, 0.3) is 0 Å². The Morgan fingerprint density at radius 1 is 1.05 bits per heavy atom. The van der Waals surface area contributed by atoms with Crippen LogP contribution in [0.25, 0.3) is 10.8 Å². The zero-order chi connectivity index (χ0) is 13.8. The van der Waals surface area contributed by atoms with Crippen LogP contribution in [0.15, 0.2) is 36.4 Å². The van der Waals surface area contributed by atoms with E-state index in [0.717, 1.165) is 6.42 Å². The number of fused-ring (bicyclic) bond motifs is 1.